The maximum Gasteiger partial charge on any atom is 0.337 e. The average Bonchev–Trinajstić information content (AvgIpc) is 2.49. The van der Waals surface area contributed by atoms with Crippen molar-refractivity contribution in [3.05, 3.63) is 57.6 Å². The van der Waals surface area contributed by atoms with E-state index in [0.717, 1.165) is 5.56 Å². The Kier molecular flexibility index (Phi) is 5.52. The monoisotopic (exact) mass is 339 g/mol. The molecular weight excluding hydrogens is 325 g/mol. The van der Waals surface area contributed by atoms with E-state index in [1.54, 1.807) is 12.1 Å². The first-order valence-electron chi connectivity index (χ1n) is 6.69. The van der Waals surface area contributed by atoms with Gasteiger partial charge in [0.15, 0.2) is 0 Å². The van der Waals surface area contributed by atoms with Crippen LogP contribution in [0.1, 0.15) is 22.8 Å². The minimum atomic E-state index is -1.06. The van der Waals surface area contributed by atoms with Crippen molar-refractivity contribution in [3.63, 3.8) is 0 Å². The Labute approximate surface area is 138 Å². The zero-order valence-electron chi connectivity index (χ0n) is 11.9. The second kappa shape index (κ2) is 7.38. The molecule has 2 rings (SSSR count). The van der Waals surface area contributed by atoms with Crippen LogP contribution in [-0.2, 0) is 6.54 Å². The number of carboxylic acids is 1. The van der Waals surface area contributed by atoms with Crippen LogP contribution in [0.25, 0.3) is 0 Å². The summed E-state index contributed by atoms with van der Waals surface area (Å²) in [4.78, 5) is 11.0. The fourth-order valence-electron chi connectivity index (χ4n) is 1.93. The molecule has 0 aliphatic carbocycles. The Hall–Kier alpha value is -1.91. The second-order valence-corrected chi connectivity index (χ2v) is 5.37. The van der Waals surface area contributed by atoms with Gasteiger partial charge < -0.3 is 15.2 Å². The standard InChI is InChI=1S/C16H15Cl2NO3/c1-2-22-15-6-3-10(7-14(15)18)9-19-11-4-5-13(17)12(8-11)16(20)21/h3-8,19H,2,9H2,1H3,(H,20,21). The Balaban J connectivity index is 2.08. The van der Waals surface area contributed by atoms with E-state index in [-0.39, 0.29) is 10.6 Å². The van der Waals surface area contributed by atoms with Gasteiger partial charge in [0, 0.05) is 12.2 Å². The Morgan fingerprint density at radius 2 is 1.95 bits per heavy atom. The average molecular weight is 340 g/mol. The van der Waals surface area contributed by atoms with Crippen molar-refractivity contribution in [2.45, 2.75) is 13.5 Å². The van der Waals surface area contributed by atoms with E-state index in [1.165, 1.54) is 6.07 Å². The molecule has 0 saturated heterocycles. The van der Waals surface area contributed by atoms with Gasteiger partial charge >= 0.3 is 5.97 Å². The van der Waals surface area contributed by atoms with E-state index in [4.69, 9.17) is 33.0 Å². The van der Waals surface area contributed by atoms with Crippen molar-refractivity contribution in [2.75, 3.05) is 11.9 Å². The molecule has 6 heteroatoms. The summed E-state index contributed by atoms with van der Waals surface area (Å²) in [6, 6.07) is 10.3. The largest absolute Gasteiger partial charge is 0.492 e. The molecule has 0 aromatic heterocycles. The minimum Gasteiger partial charge on any atom is -0.492 e. The van der Waals surface area contributed by atoms with Gasteiger partial charge in [-0.3, -0.25) is 0 Å². The van der Waals surface area contributed by atoms with Gasteiger partial charge in [-0.15, -0.1) is 0 Å². The predicted octanol–water partition coefficient (Wildman–Crippen LogP) is 4.70. The maximum absolute atomic E-state index is 11.0. The number of anilines is 1. The van der Waals surface area contributed by atoms with Crippen LogP contribution in [0.15, 0.2) is 36.4 Å². The van der Waals surface area contributed by atoms with E-state index in [0.29, 0.717) is 29.6 Å². The molecule has 0 bridgehead atoms. The Bertz CT molecular complexity index is 689. The SMILES string of the molecule is CCOc1ccc(CNc2ccc(Cl)c(C(=O)O)c2)cc1Cl. The molecule has 0 fully saturated rings. The zero-order chi connectivity index (χ0) is 16.1. The number of hydrogen-bond donors (Lipinski definition) is 2. The van der Waals surface area contributed by atoms with Gasteiger partial charge in [-0.1, -0.05) is 29.3 Å². The van der Waals surface area contributed by atoms with Gasteiger partial charge in [-0.25, -0.2) is 4.79 Å². The summed E-state index contributed by atoms with van der Waals surface area (Å²) in [5.41, 5.74) is 1.70. The van der Waals surface area contributed by atoms with E-state index < -0.39 is 5.97 Å². The van der Waals surface area contributed by atoms with Gasteiger partial charge in [0.1, 0.15) is 5.75 Å². The lowest BCUT2D eigenvalue weighted by molar-refractivity contribution is 0.0697. The van der Waals surface area contributed by atoms with E-state index in [1.807, 2.05) is 25.1 Å². The third kappa shape index (κ3) is 4.06. The number of carboxylic acid groups (broad SMARTS) is 1. The van der Waals surface area contributed by atoms with Crippen molar-refractivity contribution in [2.24, 2.45) is 0 Å². The summed E-state index contributed by atoms with van der Waals surface area (Å²) in [5, 5.41) is 12.9. The lowest BCUT2D eigenvalue weighted by Gasteiger charge is -2.10. The molecule has 4 nitrogen and oxygen atoms in total. The number of nitrogens with one attached hydrogen (secondary N) is 1. The van der Waals surface area contributed by atoms with Crippen LogP contribution in [0.2, 0.25) is 10.0 Å². The lowest BCUT2D eigenvalue weighted by atomic mass is 10.1. The minimum absolute atomic E-state index is 0.0661. The van der Waals surface area contributed by atoms with Crippen molar-refractivity contribution in [3.8, 4) is 5.75 Å². The van der Waals surface area contributed by atoms with E-state index in [9.17, 15) is 4.79 Å². The molecule has 0 amide bonds. The smallest absolute Gasteiger partial charge is 0.337 e. The number of benzene rings is 2. The molecule has 0 aliphatic rings. The van der Waals surface area contributed by atoms with Crippen LogP contribution < -0.4 is 10.1 Å². The van der Waals surface area contributed by atoms with Gasteiger partial charge in [0.25, 0.3) is 0 Å². The number of rotatable bonds is 6. The molecule has 2 N–H and O–H groups in total. The van der Waals surface area contributed by atoms with E-state index in [2.05, 4.69) is 5.32 Å². The molecule has 0 radical (unpaired) electrons. The number of ether oxygens (including phenoxy) is 1. The topological polar surface area (TPSA) is 58.6 Å². The third-order valence-electron chi connectivity index (χ3n) is 2.99. The molecule has 2 aromatic rings. The van der Waals surface area contributed by atoms with Crippen molar-refractivity contribution >= 4 is 34.9 Å². The number of carbonyl (C=O) groups is 1. The van der Waals surface area contributed by atoms with Crippen LogP contribution in [0.3, 0.4) is 0 Å². The number of hydrogen-bond acceptors (Lipinski definition) is 3. The fraction of sp³-hybridized carbons (Fsp3) is 0.188. The molecule has 0 saturated carbocycles. The highest BCUT2D eigenvalue weighted by Crippen LogP contribution is 2.26. The highest BCUT2D eigenvalue weighted by molar-refractivity contribution is 6.33. The zero-order valence-corrected chi connectivity index (χ0v) is 13.4. The molecule has 0 atom stereocenters. The number of aromatic carboxylic acids is 1. The molecule has 0 spiro atoms. The molecule has 116 valence electrons. The van der Waals surface area contributed by atoms with E-state index >= 15 is 0 Å². The highest BCUT2D eigenvalue weighted by atomic mass is 35.5. The molecule has 22 heavy (non-hydrogen) atoms. The maximum atomic E-state index is 11.0. The first-order valence-corrected chi connectivity index (χ1v) is 7.44. The second-order valence-electron chi connectivity index (χ2n) is 4.55. The lowest BCUT2D eigenvalue weighted by Crippen LogP contribution is -2.03. The molecule has 0 heterocycles. The molecule has 0 aliphatic heterocycles. The van der Waals surface area contributed by atoms with Crippen LogP contribution in [-0.4, -0.2) is 17.7 Å². The fourth-order valence-corrected chi connectivity index (χ4v) is 2.39. The van der Waals surface area contributed by atoms with Crippen LogP contribution in [0, 0.1) is 0 Å². The summed E-state index contributed by atoms with van der Waals surface area (Å²) in [5.74, 6) is -0.412. The predicted molar refractivity (Wildman–Crippen MR) is 88.4 cm³/mol. The summed E-state index contributed by atoms with van der Waals surface area (Å²) >= 11 is 12.0. The summed E-state index contributed by atoms with van der Waals surface area (Å²) in [6.07, 6.45) is 0. The van der Waals surface area contributed by atoms with Gasteiger partial charge in [0.2, 0.25) is 0 Å². The van der Waals surface area contributed by atoms with Gasteiger partial charge in [-0.2, -0.15) is 0 Å². The summed E-state index contributed by atoms with van der Waals surface area (Å²) in [7, 11) is 0. The van der Waals surface area contributed by atoms with Gasteiger partial charge in [-0.05, 0) is 42.8 Å². The quantitative estimate of drug-likeness (QED) is 0.800. The van der Waals surface area contributed by atoms with Crippen LogP contribution >= 0.6 is 23.2 Å². The Morgan fingerprint density at radius 1 is 1.18 bits per heavy atom. The summed E-state index contributed by atoms with van der Waals surface area (Å²) < 4.78 is 5.38. The first kappa shape index (κ1) is 16.5. The summed E-state index contributed by atoms with van der Waals surface area (Å²) in [6.45, 7) is 2.96. The number of halogens is 2. The first-order chi connectivity index (χ1) is 10.5. The third-order valence-corrected chi connectivity index (χ3v) is 3.61. The normalized spacial score (nSPS) is 10.3. The Morgan fingerprint density at radius 3 is 2.59 bits per heavy atom. The van der Waals surface area contributed by atoms with Crippen LogP contribution in [0.5, 0.6) is 5.75 Å². The molecule has 0 unspecified atom stereocenters. The highest BCUT2D eigenvalue weighted by Gasteiger charge is 2.09. The van der Waals surface area contributed by atoms with Crippen molar-refractivity contribution in [1.82, 2.24) is 0 Å². The van der Waals surface area contributed by atoms with Gasteiger partial charge in [0.05, 0.1) is 22.2 Å². The van der Waals surface area contributed by atoms with Crippen molar-refractivity contribution in [1.29, 1.82) is 0 Å². The van der Waals surface area contributed by atoms with Crippen molar-refractivity contribution < 1.29 is 14.6 Å². The van der Waals surface area contributed by atoms with Crippen LogP contribution in [0.4, 0.5) is 5.69 Å². The molecular formula is C16H15Cl2NO3. The molecule has 2 aromatic carbocycles.